The van der Waals surface area contributed by atoms with E-state index >= 15 is 0 Å². The summed E-state index contributed by atoms with van der Waals surface area (Å²) in [7, 11) is 0. The Morgan fingerprint density at radius 2 is 2.00 bits per heavy atom. The topological polar surface area (TPSA) is 43.1 Å². The zero-order chi connectivity index (χ0) is 12.6. The maximum atomic E-state index is 13.9. The van der Waals surface area contributed by atoms with E-state index < -0.39 is 11.4 Å². The van der Waals surface area contributed by atoms with Gasteiger partial charge in [0, 0.05) is 4.47 Å². The summed E-state index contributed by atoms with van der Waals surface area (Å²) < 4.78 is 14.3. The van der Waals surface area contributed by atoms with Crippen LogP contribution in [0.4, 0.5) is 4.39 Å². The van der Waals surface area contributed by atoms with Crippen LogP contribution in [-0.4, -0.2) is 11.3 Å². The molecule has 0 amide bonds. The Morgan fingerprint density at radius 1 is 1.41 bits per heavy atom. The van der Waals surface area contributed by atoms with Crippen molar-refractivity contribution in [1.29, 1.82) is 0 Å². The molecule has 0 heterocycles. The highest BCUT2D eigenvalue weighted by molar-refractivity contribution is 9.10. The van der Waals surface area contributed by atoms with Gasteiger partial charge in [0.25, 0.3) is 0 Å². The molecule has 1 aromatic rings. The predicted octanol–water partition coefficient (Wildman–Crippen LogP) is 3.70. The minimum Gasteiger partial charge on any atom is -0.319 e. The van der Waals surface area contributed by atoms with Crippen LogP contribution in [0.25, 0.3) is 0 Å². The van der Waals surface area contributed by atoms with Gasteiger partial charge in [-0.1, -0.05) is 24.4 Å². The van der Waals surface area contributed by atoms with Gasteiger partial charge in [-0.2, -0.15) is 0 Å². The van der Waals surface area contributed by atoms with Crippen LogP contribution < -0.4 is 5.73 Å². The second-order valence-corrected chi connectivity index (χ2v) is 5.65. The van der Waals surface area contributed by atoms with Crippen molar-refractivity contribution in [3.05, 3.63) is 33.0 Å². The van der Waals surface area contributed by atoms with Crippen molar-refractivity contribution in [3.8, 4) is 0 Å². The quantitative estimate of drug-likeness (QED) is 0.667. The van der Waals surface area contributed by atoms with Gasteiger partial charge in [0.05, 0.1) is 16.1 Å². The summed E-state index contributed by atoms with van der Waals surface area (Å²) in [5.74, 6) is -1.04. The van der Waals surface area contributed by atoms with E-state index in [0.29, 0.717) is 17.3 Å². The third-order valence-corrected chi connectivity index (χ3v) is 4.49. The molecular formula is C12H12BrClFNO. The van der Waals surface area contributed by atoms with E-state index in [2.05, 4.69) is 15.9 Å². The average Bonchev–Trinajstić information content (AvgIpc) is 2.74. The number of nitrogens with two attached hydrogens (primary N) is 1. The number of hydrogen-bond donors (Lipinski definition) is 1. The summed E-state index contributed by atoms with van der Waals surface area (Å²) in [6.07, 6.45) is 3.04. The first-order valence-corrected chi connectivity index (χ1v) is 6.60. The lowest BCUT2D eigenvalue weighted by atomic mass is 9.88. The minimum absolute atomic E-state index is 0.0115. The maximum absolute atomic E-state index is 13.9. The van der Waals surface area contributed by atoms with Gasteiger partial charge in [0.1, 0.15) is 0 Å². The van der Waals surface area contributed by atoms with Crippen molar-refractivity contribution in [1.82, 2.24) is 0 Å². The van der Waals surface area contributed by atoms with Gasteiger partial charge in [-0.05, 0) is 40.9 Å². The molecule has 0 aliphatic heterocycles. The molecule has 1 saturated carbocycles. The lowest BCUT2D eigenvalue weighted by Crippen LogP contribution is -2.45. The molecule has 17 heavy (non-hydrogen) atoms. The Balaban J connectivity index is 2.41. The van der Waals surface area contributed by atoms with Gasteiger partial charge in [-0.25, -0.2) is 4.39 Å². The molecule has 0 bridgehead atoms. The van der Waals surface area contributed by atoms with Crippen molar-refractivity contribution in [2.75, 3.05) is 0 Å². The van der Waals surface area contributed by atoms with Crippen LogP contribution in [0.2, 0.25) is 5.02 Å². The Morgan fingerprint density at radius 3 is 2.59 bits per heavy atom. The normalized spacial score (nSPS) is 18.4. The van der Waals surface area contributed by atoms with Gasteiger partial charge in [0.2, 0.25) is 0 Å². The summed E-state index contributed by atoms with van der Waals surface area (Å²) in [5, 5.41) is -0.0718. The fourth-order valence-electron chi connectivity index (χ4n) is 2.20. The van der Waals surface area contributed by atoms with Crippen LogP contribution in [0.15, 0.2) is 16.6 Å². The molecule has 1 fully saturated rings. The fourth-order valence-corrected chi connectivity index (χ4v) is 2.67. The van der Waals surface area contributed by atoms with Gasteiger partial charge >= 0.3 is 0 Å². The molecule has 1 aliphatic carbocycles. The van der Waals surface area contributed by atoms with Crippen molar-refractivity contribution in [3.63, 3.8) is 0 Å². The Bertz CT molecular complexity index is 472. The summed E-state index contributed by atoms with van der Waals surface area (Å²) in [4.78, 5) is 12.2. The minimum atomic E-state index is -0.919. The Kier molecular flexibility index (Phi) is 3.57. The fraction of sp³-hybridized carbons (Fsp3) is 0.417. The molecule has 0 atom stereocenters. The first kappa shape index (κ1) is 13.0. The van der Waals surface area contributed by atoms with Gasteiger partial charge < -0.3 is 5.73 Å². The summed E-state index contributed by atoms with van der Waals surface area (Å²) in [5.41, 5.74) is 5.09. The van der Waals surface area contributed by atoms with Crippen molar-refractivity contribution in [2.45, 2.75) is 31.2 Å². The third-order valence-electron chi connectivity index (χ3n) is 3.23. The lowest BCUT2D eigenvalue weighted by molar-refractivity contribution is 0.0887. The molecule has 92 valence electrons. The first-order chi connectivity index (χ1) is 7.96. The summed E-state index contributed by atoms with van der Waals surface area (Å²) >= 11 is 8.88. The monoisotopic (exact) mass is 319 g/mol. The molecule has 1 aliphatic rings. The molecule has 2 nitrogen and oxygen atoms in total. The van der Waals surface area contributed by atoms with Gasteiger partial charge in [-0.15, -0.1) is 0 Å². The number of rotatable bonds is 2. The summed E-state index contributed by atoms with van der Waals surface area (Å²) in [6, 6.07) is 3.00. The van der Waals surface area contributed by atoms with Crippen molar-refractivity contribution < 1.29 is 9.18 Å². The van der Waals surface area contributed by atoms with Crippen molar-refractivity contribution in [2.24, 2.45) is 5.73 Å². The van der Waals surface area contributed by atoms with Crippen LogP contribution in [0.5, 0.6) is 0 Å². The lowest BCUT2D eigenvalue weighted by Gasteiger charge is -2.22. The van der Waals surface area contributed by atoms with E-state index in [4.69, 9.17) is 17.3 Å². The standard InChI is InChI=1S/C12H12BrClFNO/c13-8-4-3-7(10(15)9(8)14)11(17)12(16)5-1-2-6-12/h3-4H,1-2,5-6,16H2. The smallest absolute Gasteiger partial charge is 0.185 e. The molecule has 0 aromatic heterocycles. The predicted molar refractivity (Wildman–Crippen MR) is 68.8 cm³/mol. The van der Waals surface area contributed by atoms with E-state index in [0.717, 1.165) is 12.8 Å². The number of halogens is 3. The second-order valence-electron chi connectivity index (χ2n) is 4.42. The highest BCUT2D eigenvalue weighted by atomic mass is 79.9. The van der Waals surface area contributed by atoms with E-state index in [1.54, 1.807) is 6.07 Å². The molecule has 0 radical (unpaired) electrons. The van der Waals surface area contributed by atoms with Crippen LogP contribution >= 0.6 is 27.5 Å². The van der Waals surface area contributed by atoms with Gasteiger partial charge in [0.15, 0.2) is 11.6 Å². The molecule has 0 saturated heterocycles. The molecule has 0 spiro atoms. The van der Waals surface area contributed by atoms with E-state index in [1.165, 1.54) is 6.07 Å². The number of carbonyl (C=O) groups is 1. The van der Waals surface area contributed by atoms with Crippen LogP contribution in [0.3, 0.4) is 0 Å². The van der Waals surface area contributed by atoms with E-state index in [-0.39, 0.29) is 16.4 Å². The number of hydrogen-bond acceptors (Lipinski definition) is 2. The third kappa shape index (κ3) is 2.26. The molecule has 0 unspecified atom stereocenters. The zero-order valence-electron chi connectivity index (χ0n) is 9.10. The Labute approximate surface area is 112 Å². The molecule has 2 N–H and O–H groups in total. The number of benzene rings is 1. The number of ketones is 1. The first-order valence-electron chi connectivity index (χ1n) is 5.43. The van der Waals surface area contributed by atoms with Crippen LogP contribution in [-0.2, 0) is 0 Å². The second kappa shape index (κ2) is 4.67. The summed E-state index contributed by atoms with van der Waals surface area (Å²) in [6.45, 7) is 0. The molecule has 1 aromatic carbocycles. The largest absolute Gasteiger partial charge is 0.319 e. The molecule has 2 rings (SSSR count). The van der Waals surface area contributed by atoms with Gasteiger partial charge in [-0.3, -0.25) is 4.79 Å². The van der Waals surface area contributed by atoms with Crippen LogP contribution in [0, 0.1) is 5.82 Å². The Hall–Kier alpha value is -0.450. The average molecular weight is 321 g/mol. The highest BCUT2D eigenvalue weighted by Gasteiger charge is 2.38. The number of Topliss-reactive ketones (excluding diaryl/α,β-unsaturated/α-hetero) is 1. The number of carbonyl (C=O) groups excluding carboxylic acids is 1. The van der Waals surface area contributed by atoms with E-state index in [1.807, 2.05) is 0 Å². The van der Waals surface area contributed by atoms with E-state index in [9.17, 15) is 9.18 Å². The maximum Gasteiger partial charge on any atom is 0.185 e. The zero-order valence-corrected chi connectivity index (χ0v) is 11.4. The molecule has 5 heteroatoms. The molecular weight excluding hydrogens is 308 g/mol. The van der Waals surface area contributed by atoms with Crippen LogP contribution in [0.1, 0.15) is 36.0 Å². The SMILES string of the molecule is NC1(C(=O)c2ccc(Br)c(Cl)c2F)CCCC1. The highest BCUT2D eigenvalue weighted by Crippen LogP contribution is 2.34. The van der Waals surface area contributed by atoms with Crippen molar-refractivity contribution >= 4 is 33.3 Å².